The average Bonchev–Trinajstić information content (AvgIpc) is 2.81. The Hall–Kier alpha value is -2.11. The normalized spacial score (nSPS) is 30.6. The highest BCUT2D eigenvalue weighted by atomic mass is 79.9. The molecule has 1 amide bonds. The van der Waals surface area contributed by atoms with Crippen LogP contribution < -0.4 is 0 Å². The molecule has 2 aromatic carbocycles. The first-order valence-corrected chi connectivity index (χ1v) is 12.7. The number of rotatable bonds is 5. The Morgan fingerprint density at radius 1 is 1.21 bits per heavy atom. The van der Waals surface area contributed by atoms with Crippen LogP contribution in [0.25, 0.3) is 10.4 Å². The fourth-order valence-corrected chi connectivity index (χ4v) is 5.97. The number of aliphatic hydroxyl groups is 1. The van der Waals surface area contributed by atoms with Crippen LogP contribution in [0.2, 0.25) is 0 Å². The van der Waals surface area contributed by atoms with E-state index >= 15 is 0 Å². The zero-order valence-corrected chi connectivity index (χ0v) is 20.5. The summed E-state index contributed by atoms with van der Waals surface area (Å²) < 4.78 is 19.0. The van der Waals surface area contributed by atoms with Crippen molar-refractivity contribution in [1.82, 2.24) is 4.90 Å². The SMILES string of the molecule is [N-]=[N+]=N[C@@H]1[C@@H](O)[C@@H](Sc2cc(Br)ccc2C(=O)N2CCC2)O[C@@H]2COC(c3ccccc3)O[C@H]12. The van der Waals surface area contributed by atoms with Gasteiger partial charge in [-0.2, -0.15) is 0 Å². The zero-order valence-electron chi connectivity index (χ0n) is 18.1. The van der Waals surface area contributed by atoms with Gasteiger partial charge in [0.05, 0.1) is 18.2 Å². The maximum atomic E-state index is 12.9. The lowest BCUT2D eigenvalue weighted by Crippen LogP contribution is -2.60. The first-order chi connectivity index (χ1) is 16.5. The third-order valence-electron chi connectivity index (χ3n) is 6.15. The Labute approximate surface area is 209 Å². The first-order valence-electron chi connectivity index (χ1n) is 11.0. The molecular weight excluding hydrogens is 524 g/mol. The van der Waals surface area contributed by atoms with Crippen molar-refractivity contribution >= 4 is 33.6 Å². The second-order valence-electron chi connectivity index (χ2n) is 8.31. The van der Waals surface area contributed by atoms with Crippen LogP contribution in [0.3, 0.4) is 0 Å². The van der Waals surface area contributed by atoms with Crippen LogP contribution in [0.5, 0.6) is 0 Å². The second-order valence-corrected chi connectivity index (χ2v) is 10.4. The highest BCUT2D eigenvalue weighted by molar-refractivity contribution is 9.10. The van der Waals surface area contributed by atoms with E-state index < -0.39 is 36.1 Å². The van der Waals surface area contributed by atoms with Gasteiger partial charge in [-0.1, -0.05) is 63.1 Å². The summed E-state index contributed by atoms with van der Waals surface area (Å²) >= 11 is 4.70. The predicted octanol–water partition coefficient (Wildman–Crippen LogP) is 4.27. The summed E-state index contributed by atoms with van der Waals surface area (Å²) in [5, 5.41) is 15.0. The van der Waals surface area contributed by atoms with Gasteiger partial charge in [-0.05, 0) is 30.2 Å². The number of ether oxygens (including phenoxy) is 3. The Morgan fingerprint density at radius 2 is 2.00 bits per heavy atom. The lowest BCUT2D eigenvalue weighted by Gasteiger charge is -2.46. The summed E-state index contributed by atoms with van der Waals surface area (Å²) in [6.45, 7) is 1.69. The molecule has 0 radical (unpaired) electrons. The van der Waals surface area contributed by atoms with Gasteiger partial charge in [0.2, 0.25) is 0 Å². The monoisotopic (exact) mass is 546 g/mol. The van der Waals surface area contributed by atoms with Gasteiger partial charge in [-0.15, -0.1) is 0 Å². The van der Waals surface area contributed by atoms with Crippen molar-refractivity contribution < 1.29 is 24.1 Å². The van der Waals surface area contributed by atoms with Crippen LogP contribution in [0.4, 0.5) is 0 Å². The molecule has 1 unspecified atom stereocenters. The van der Waals surface area contributed by atoms with Crippen molar-refractivity contribution in [3.05, 3.63) is 74.6 Å². The van der Waals surface area contributed by atoms with Gasteiger partial charge in [-0.25, -0.2) is 0 Å². The summed E-state index contributed by atoms with van der Waals surface area (Å²) in [4.78, 5) is 18.4. The largest absolute Gasteiger partial charge is 0.389 e. The van der Waals surface area contributed by atoms with E-state index in [9.17, 15) is 15.4 Å². The molecule has 178 valence electrons. The smallest absolute Gasteiger partial charge is 0.254 e. The van der Waals surface area contributed by atoms with Crippen molar-refractivity contribution in [2.45, 2.75) is 47.4 Å². The Bertz CT molecular complexity index is 1100. The van der Waals surface area contributed by atoms with Crippen LogP contribution in [0.15, 0.2) is 63.0 Å². The third-order valence-corrected chi connectivity index (χ3v) is 7.86. The Balaban J connectivity index is 1.38. The quantitative estimate of drug-likeness (QED) is 0.340. The summed E-state index contributed by atoms with van der Waals surface area (Å²) in [5.41, 5.74) is 9.78. The molecule has 3 aliphatic rings. The van der Waals surface area contributed by atoms with Crippen LogP contribution in [0, 0.1) is 0 Å². The number of nitrogens with zero attached hydrogens (tertiary/aromatic N) is 4. The highest BCUT2D eigenvalue weighted by Gasteiger charge is 2.49. The molecule has 3 saturated heterocycles. The van der Waals surface area contributed by atoms with Crippen molar-refractivity contribution in [2.75, 3.05) is 19.7 Å². The van der Waals surface area contributed by atoms with E-state index in [1.807, 2.05) is 42.5 Å². The molecule has 34 heavy (non-hydrogen) atoms. The molecule has 3 fully saturated rings. The summed E-state index contributed by atoms with van der Waals surface area (Å²) in [7, 11) is 0. The standard InChI is InChI=1S/C23H23BrN4O5S/c24-14-7-8-15(21(30)28-9-4-10-28)17(11-14)34-23-19(29)18(26-27-25)20-16(32-23)12-31-22(33-20)13-5-2-1-3-6-13/h1-3,5-8,11,16,18-20,22-23,29H,4,9-10,12H2/t16-,18-,19-,20+,22?,23-/m1/s1. The Morgan fingerprint density at radius 3 is 2.71 bits per heavy atom. The number of carbonyl (C=O) groups excluding carboxylic acids is 1. The molecular formula is C23H23BrN4O5S. The zero-order chi connectivity index (χ0) is 23.7. The van der Waals surface area contributed by atoms with Crippen molar-refractivity contribution in [3.8, 4) is 0 Å². The molecule has 1 N–H and O–H groups in total. The van der Waals surface area contributed by atoms with Gasteiger partial charge in [-0.3, -0.25) is 4.79 Å². The van der Waals surface area contributed by atoms with Crippen molar-refractivity contribution in [2.24, 2.45) is 5.11 Å². The molecule has 3 heterocycles. The molecule has 0 aliphatic carbocycles. The van der Waals surface area contributed by atoms with Gasteiger partial charge in [0, 0.05) is 32.9 Å². The summed E-state index contributed by atoms with van der Waals surface area (Å²) in [5.74, 6) is -0.0499. The molecule has 0 aromatic heterocycles. The van der Waals surface area contributed by atoms with Crippen LogP contribution in [-0.4, -0.2) is 65.4 Å². The molecule has 5 rings (SSSR count). The van der Waals surface area contributed by atoms with E-state index in [0.717, 1.165) is 29.5 Å². The molecule has 3 aliphatic heterocycles. The maximum Gasteiger partial charge on any atom is 0.254 e. The van der Waals surface area contributed by atoms with Gasteiger partial charge in [0.1, 0.15) is 23.7 Å². The van der Waals surface area contributed by atoms with Gasteiger partial charge < -0.3 is 24.2 Å². The topological polar surface area (TPSA) is 117 Å². The third kappa shape index (κ3) is 4.70. The van der Waals surface area contributed by atoms with E-state index in [1.165, 1.54) is 11.8 Å². The maximum absolute atomic E-state index is 12.9. The molecule has 0 saturated carbocycles. The van der Waals surface area contributed by atoms with E-state index in [0.29, 0.717) is 10.5 Å². The van der Waals surface area contributed by atoms with Crippen LogP contribution in [-0.2, 0) is 14.2 Å². The summed E-state index contributed by atoms with van der Waals surface area (Å²) in [6, 6.07) is 14.0. The highest BCUT2D eigenvalue weighted by Crippen LogP contribution is 2.41. The van der Waals surface area contributed by atoms with Gasteiger partial charge in [0.25, 0.3) is 5.91 Å². The number of hydrogen-bond donors (Lipinski definition) is 1. The first kappa shape index (κ1) is 23.6. The number of halogens is 1. The minimum Gasteiger partial charge on any atom is -0.389 e. The molecule has 2 aromatic rings. The fraction of sp³-hybridized carbons (Fsp3) is 0.435. The molecule has 11 heteroatoms. The van der Waals surface area contributed by atoms with Crippen LogP contribution in [0.1, 0.15) is 28.6 Å². The van der Waals surface area contributed by atoms with Crippen molar-refractivity contribution in [1.29, 1.82) is 0 Å². The predicted molar refractivity (Wildman–Crippen MR) is 128 cm³/mol. The minimum absolute atomic E-state index is 0.0499. The number of likely N-dealkylation sites (tertiary alicyclic amines) is 1. The van der Waals surface area contributed by atoms with Gasteiger partial charge in [0.15, 0.2) is 6.29 Å². The number of carbonyl (C=O) groups is 1. The number of aliphatic hydroxyl groups excluding tert-OH is 1. The summed E-state index contributed by atoms with van der Waals surface area (Å²) in [6.07, 6.45) is -2.02. The fourth-order valence-electron chi connectivity index (χ4n) is 4.23. The lowest BCUT2D eigenvalue weighted by atomic mass is 9.97. The number of hydrogen-bond acceptors (Lipinski definition) is 7. The van der Waals surface area contributed by atoms with Crippen molar-refractivity contribution in [3.63, 3.8) is 0 Å². The molecule has 0 bridgehead atoms. The minimum atomic E-state index is -1.15. The number of benzene rings is 2. The van der Waals surface area contributed by atoms with E-state index in [2.05, 4.69) is 26.0 Å². The van der Waals surface area contributed by atoms with E-state index in [1.54, 1.807) is 11.0 Å². The number of thioether (sulfide) groups is 1. The van der Waals surface area contributed by atoms with E-state index in [4.69, 9.17) is 14.2 Å². The molecule has 0 spiro atoms. The lowest BCUT2D eigenvalue weighted by molar-refractivity contribution is -0.297. The molecule has 9 nitrogen and oxygen atoms in total. The van der Waals surface area contributed by atoms with E-state index in [-0.39, 0.29) is 12.5 Å². The number of azide groups is 1. The number of amides is 1. The van der Waals surface area contributed by atoms with Gasteiger partial charge >= 0.3 is 0 Å². The molecule has 6 atom stereocenters. The second kappa shape index (κ2) is 10.2. The van der Waals surface area contributed by atoms with Crippen LogP contribution >= 0.6 is 27.7 Å². The Kier molecular flexibility index (Phi) is 7.12. The average molecular weight is 547 g/mol. The number of fused-ring (bicyclic) bond motifs is 1.